The Morgan fingerprint density at radius 3 is 2.57 bits per heavy atom. The van der Waals surface area contributed by atoms with Gasteiger partial charge in [0.15, 0.2) is 0 Å². The number of aromatic nitrogens is 2. The number of fused-ring (bicyclic) bond motifs is 1. The zero-order valence-electron chi connectivity index (χ0n) is 11.0. The SMILES string of the molecule is COC(=O)c1cccc2[nH]c(-c3cc(F)cc(F)c3)nc12. The highest BCUT2D eigenvalue weighted by Crippen LogP contribution is 2.24. The predicted octanol–water partition coefficient (Wildman–Crippen LogP) is 3.29. The molecule has 0 aliphatic heterocycles. The van der Waals surface area contributed by atoms with Crippen molar-refractivity contribution in [3.63, 3.8) is 0 Å². The first-order valence-electron chi connectivity index (χ1n) is 6.12. The van der Waals surface area contributed by atoms with Crippen LogP contribution in [0.25, 0.3) is 22.4 Å². The number of imidazole rings is 1. The fourth-order valence-electron chi connectivity index (χ4n) is 2.13. The lowest BCUT2D eigenvalue weighted by molar-refractivity contribution is 0.0603. The van der Waals surface area contributed by atoms with Crippen molar-refractivity contribution in [1.82, 2.24) is 9.97 Å². The summed E-state index contributed by atoms with van der Waals surface area (Å²) < 4.78 is 31.2. The third kappa shape index (κ3) is 2.35. The lowest BCUT2D eigenvalue weighted by atomic mass is 10.2. The topological polar surface area (TPSA) is 55.0 Å². The Hall–Kier alpha value is -2.76. The number of aromatic amines is 1. The maximum Gasteiger partial charge on any atom is 0.340 e. The second-order valence-corrected chi connectivity index (χ2v) is 4.44. The number of rotatable bonds is 2. The summed E-state index contributed by atoms with van der Waals surface area (Å²) >= 11 is 0. The highest BCUT2D eigenvalue weighted by atomic mass is 19.1. The predicted molar refractivity (Wildman–Crippen MR) is 72.8 cm³/mol. The molecule has 2 aromatic carbocycles. The van der Waals surface area contributed by atoms with Crippen LogP contribution in [0.15, 0.2) is 36.4 Å². The third-order valence-corrected chi connectivity index (χ3v) is 3.05. The summed E-state index contributed by atoms with van der Waals surface area (Å²) in [6, 6.07) is 8.07. The van der Waals surface area contributed by atoms with Gasteiger partial charge < -0.3 is 9.72 Å². The maximum absolute atomic E-state index is 13.3. The Labute approximate surface area is 118 Å². The highest BCUT2D eigenvalue weighted by molar-refractivity contribution is 6.02. The average Bonchev–Trinajstić information content (AvgIpc) is 2.89. The standard InChI is InChI=1S/C15H10F2N2O2/c1-21-15(20)11-3-2-4-12-13(11)19-14(18-12)8-5-9(16)7-10(17)6-8/h2-7H,1H3,(H,18,19). The van der Waals surface area contributed by atoms with E-state index < -0.39 is 17.6 Å². The van der Waals surface area contributed by atoms with Crippen LogP contribution in [0.5, 0.6) is 0 Å². The third-order valence-electron chi connectivity index (χ3n) is 3.05. The molecule has 6 heteroatoms. The number of hydrogen-bond acceptors (Lipinski definition) is 3. The molecule has 0 saturated carbocycles. The van der Waals surface area contributed by atoms with Crippen molar-refractivity contribution in [2.24, 2.45) is 0 Å². The van der Waals surface area contributed by atoms with Gasteiger partial charge in [-0.3, -0.25) is 0 Å². The minimum atomic E-state index is -0.696. The summed E-state index contributed by atoms with van der Waals surface area (Å²) in [5.74, 6) is -1.64. The fourth-order valence-corrected chi connectivity index (χ4v) is 2.13. The molecular formula is C15H10F2N2O2. The van der Waals surface area contributed by atoms with Crippen LogP contribution < -0.4 is 0 Å². The zero-order valence-corrected chi connectivity index (χ0v) is 11.0. The Kier molecular flexibility index (Phi) is 3.13. The Balaban J connectivity index is 2.19. The van der Waals surface area contributed by atoms with Gasteiger partial charge in [-0.25, -0.2) is 18.6 Å². The van der Waals surface area contributed by atoms with E-state index in [9.17, 15) is 13.6 Å². The van der Waals surface area contributed by atoms with Gasteiger partial charge in [-0.05, 0) is 24.3 Å². The zero-order chi connectivity index (χ0) is 15.0. The Bertz CT molecular complexity index is 823. The molecule has 106 valence electrons. The van der Waals surface area contributed by atoms with Crippen molar-refractivity contribution in [2.45, 2.75) is 0 Å². The van der Waals surface area contributed by atoms with Gasteiger partial charge in [0.05, 0.1) is 18.2 Å². The van der Waals surface area contributed by atoms with Crippen LogP contribution in [0.4, 0.5) is 8.78 Å². The molecule has 3 aromatic rings. The Morgan fingerprint density at radius 2 is 1.90 bits per heavy atom. The molecule has 0 radical (unpaired) electrons. The van der Waals surface area contributed by atoms with Crippen LogP contribution in [0.3, 0.4) is 0 Å². The number of esters is 1. The number of nitrogens with one attached hydrogen (secondary N) is 1. The van der Waals surface area contributed by atoms with E-state index in [1.165, 1.54) is 19.2 Å². The van der Waals surface area contributed by atoms with Gasteiger partial charge in [-0.1, -0.05) is 6.07 Å². The molecule has 1 N–H and O–H groups in total. The molecule has 1 aromatic heterocycles. The number of H-pyrrole nitrogens is 1. The van der Waals surface area contributed by atoms with E-state index in [1.807, 2.05) is 0 Å². The summed E-state index contributed by atoms with van der Waals surface area (Å²) in [5, 5.41) is 0. The van der Waals surface area contributed by atoms with E-state index in [0.29, 0.717) is 11.0 Å². The van der Waals surface area contributed by atoms with Crippen molar-refractivity contribution < 1.29 is 18.3 Å². The van der Waals surface area contributed by atoms with Crippen LogP contribution >= 0.6 is 0 Å². The first kappa shape index (κ1) is 13.2. The van der Waals surface area contributed by atoms with Crippen LogP contribution in [0.2, 0.25) is 0 Å². The largest absolute Gasteiger partial charge is 0.465 e. The first-order valence-corrected chi connectivity index (χ1v) is 6.12. The Morgan fingerprint density at radius 1 is 1.19 bits per heavy atom. The molecule has 0 atom stereocenters. The van der Waals surface area contributed by atoms with E-state index in [4.69, 9.17) is 0 Å². The second-order valence-electron chi connectivity index (χ2n) is 4.44. The smallest absolute Gasteiger partial charge is 0.340 e. The van der Waals surface area contributed by atoms with Crippen LogP contribution in [-0.4, -0.2) is 23.0 Å². The minimum absolute atomic E-state index is 0.263. The van der Waals surface area contributed by atoms with E-state index in [-0.39, 0.29) is 17.0 Å². The second kappa shape index (κ2) is 4.97. The number of carbonyl (C=O) groups excluding carboxylic acids is 1. The number of halogens is 2. The molecule has 4 nitrogen and oxygen atoms in total. The van der Waals surface area contributed by atoms with Gasteiger partial charge in [0.1, 0.15) is 23.0 Å². The molecule has 0 aliphatic carbocycles. The molecule has 0 amide bonds. The van der Waals surface area contributed by atoms with Crippen LogP contribution in [0, 0.1) is 11.6 Å². The molecule has 1 heterocycles. The monoisotopic (exact) mass is 288 g/mol. The number of ether oxygens (including phenoxy) is 1. The minimum Gasteiger partial charge on any atom is -0.465 e. The first-order chi connectivity index (χ1) is 10.1. The lowest BCUT2D eigenvalue weighted by Gasteiger charge is -1.98. The molecule has 0 spiro atoms. The van der Waals surface area contributed by atoms with Crippen LogP contribution in [-0.2, 0) is 4.74 Å². The maximum atomic E-state index is 13.3. The summed E-state index contributed by atoms with van der Waals surface area (Å²) in [6.45, 7) is 0. The number of nitrogens with zero attached hydrogens (tertiary/aromatic N) is 1. The molecule has 3 rings (SSSR count). The molecule has 21 heavy (non-hydrogen) atoms. The van der Waals surface area contributed by atoms with Gasteiger partial charge in [0.25, 0.3) is 0 Å². The van der Waals surface area contributed by atoms with E-state index in [2.05, 4.69) is 14.7 Å². The van der Waals surface area contributed by atoms with Crippen molar-refractivity contribution in [1.29, 1.82) is 0 Å². The number of para-hydroxylation sites is 1. The van der Waals surface area contributed by atoms with Gasteiger partial charge in [-0.2, -0.15) is 0 Å². The highest BCUT2D eigenvalue weighted by Gasteiger charge is 2.15. The summed E-state index contributed by atoms with van der Waals surface area (Å²) in [5.41, 5.74) is 1.52. The molecule has 0 aliphatic rings. The molecule has 0 unspecified atom stereocenters. The number of hydrogen-bond donors (Lipinski definition) is 1. The molecule has 0 saturated heterocycles. The van der Waals surface area contributed by atoms with E-state index >= 15 is 0 Å². The van der Waals surface area contributed by atoms with Gasteiger partial charge in [0, 0.05) is 11.6 Å². The number of carbonyl (C=O) groups is 1. The number of methoxy groups -OCH3 is 1. The number of benzene rings is 2. The van der Waals surface area contributed by atoms with E-state index in [1.54, 1.807) is 18.2 Å². The van der Waals surface area contributed by atoms with Crippen LogP contribution in [0.1, 0.15) is 10.4 Å². The summed E-state index contributed by atoms with van der Waals surface area (Å²) in [4.78, 5) is 18.9. The summed E-state index contributed by atoms with van der Waals surface area (Å²) in [6.07, 6.45) is 0. The normalized spacial score (nSPS) is 10.8. The van der Waals surface area contributed by atoms with Gasteiger partial charge in [0.2, 0.25) is 0 Å². The quantitative estimate of drug-likeness (QED) is 0.736. The van der Waals surface area contributed by atoms with Gasteiger partial charge >= 0.3 is 5.97 Å². The summed E-state index contributed by atoms with van der Waals surface area (Å²) in [7, 11) is 1.27. The average molecular weight is 288 g/mol. The van der Waals surface area contributed by atoms with Crippen molar-refractivity contribution in [3.05, 3.63) is 53.6 Å². The van der Waals surface area contributed by atoms with Crippen molar-refractivity contribution in [3.8, 4) is 11.4 Å². The fraction of sp³-hybridized carbons (Fsp3) is 0.0667. The van der Waals surface area contributed by atoms with Gasteiger partial charge in [-0.15, -0.1) is 0 Å². The van der Waals surface area contributed by atoms with Crippen molar-refractivity contribution in [2.75, 3.05) is 7.11 Å². The molecule has 0 fully saturated rings. The molecule has 0 bridgehead atoms. The molecular weight excluding hydrogens is 278 g/mol. The lowest BCUT2D eigenvalue weighted by Crippen LogP contribution is -2.01. The van der Waals surface area contributed by atoms with Crippen molar-refractivity contribution >= 4 is 17.0 Å². The van der Waals surface area contributed by atoms with E-state index in [0.717, 1.165) is 6.07 Å².